The van der Waals surface area contributed by atoms with Crippen LogP contribution >= 0.6 is 0 Å². The number of carbonyl (C=O) groups excluding carboxylic acids is 4. The van der Waals surface area contributed by atoms with Crippen molar-refractivity contribution in [2.45, 2.75) is 0 Å². The van der Waals surface area contributed by atoms with Gasteiger partial charge in [-0.3, -0.25) is 19.2 Å². The summed E-state index contributed by atoms with van der Waals surface area (Å²) in [6.07, 6.45) is 3.27. The van der Waals surface area contributed by atoms with Crippen LogP contribution in [0.4, 0.5) is 34.4 Å². The van der Waals surface area contributed by atoms with Crippen molar-refractivity contribution in [3.8, 4) is 11.5 Å². The third-order valence-electron chi connectivity index (χ3n) is 9.59. The predicted molar refractivity (Wildman–Crippen MR) is 251 cm³/mol. The summed E-state index contributed by atoms with van der Waals surface area (Å²) < 4.78 is 10.8. The van der Waals surface area contributed by atoms with Crippen LogP contribution in [-0.4, -0.2) is 47.6 Å². The summed E-state index contributed by atoms with van der Waals surface area (Å²) in [6.45, 7) is 0. The maximum Gasteiger partial charge on any atom is 0.255 e. The summed E-state index contributed by atoms with van der Waals surface area (Å²) in [5, 5.41) is 22.1. The van der Waals surface area contributed by atoms with Crippen molar-refractivity contribution >= 4 is 57.8 Å². The van der Waals surface area contributed by atoms with Crippen LogP contribution in [0.2, 0.25) is 0 Å². The lowest BCUT2D eigenvalue weighted by atomic mass is 10.0. The van der Waals surface area contributed by atoms with Crippen LogP contribution in [0, 0.1) is 0 Å². The van der Waals surface area contributed by atoms with Gasteiger partial charge in [-0.1, -0.05) is 97.1 Å². The molecule has 0 atom stereocenters. The third-order valence-corrected chi connectivity index (χ3v) is 9.59. The summed E-state index contributed by atoms with van der Waals surface area (Å²) >= 11 is 0. The number of anilines is 2. The summed E-state index contributed by atoms with van der Waals surface area (Å²) in [7, 11) is 3.02. The number of methoxy groups -OCH3 is 2. The van der Waals surface area contributed by atoms with Crippen molar-refractivity contribution < 1.29 is 28.7 Å². The van der Waals surface area contributed by atoms with Crippen molar-refractivity contribution in [1.82, 2.24) is 9.97 Å². The molecule has 14 heteroatoms. The molecule has 0 bridgehead atoms. The van der Waals surface area contributed by atoms with Gasteiger partial charge < -0.3 is 20.1 Å². The Morgan fingerprint density at radius 1 is 0.394 bits per heavy atom. The van der Waals surface area contributed by atoms with Gasteiger partial charge in [0.25, 0.3) is 11.8 Å². The zero-order chi connectivity index (χ0) is 46.1. The van der Waals surface area contributed by atoms with Crippen molar-refractivity contribution in [2.75, 3.05) is 24.9 Å². The molecule has 324 valence electrons. The second-order valence-electron chi connectivity index (χ2n) is 14.0. The monoisotopic (exact) mass is 872 g/mol. The van der Waals surface area contributed by atoms with Gasteiger partial charge in [0, 0.05) is 57.9 Å². The summed E-state index contributed by atoms with van der Waals surface area (Å²) in [5.41, 5.74) is 5.14. The molecule has 0 aliphatic heterocycles. The zero-order valence-electron chi connectivity index (χ0n) is 35.6. The molecule has 0 spiro atoms. The molecule has 14 nitrogen and oxygen atoms in total. The topological polar surface area (TPSA) is 186 Å². The van der Waals surface area contributed by atoms with Crippen molar-refractivity contribution in [1.29, 1.82) is 0 Å². The molecule has 2 N–H and O–H groups in total. The van der Waals surface area contributed by atoms with E-state index in [1.807, 2.05) is 48.5 Å². The Bertz CT molecular complexity index is 2780. The molecular weight excluding hydrogens is 833 g/mol. The molecule has 0 saturated heterocycles. The van der Waals surface area contributed by atoms with Crippen molar-refractivity contribution in [3.63, 3.8) is 0 Å². The first-order valence-corrected chi connectivity index (χ1v) is 20.3. The molecule has 2 amide bonds. The molecule has 0 saturated carbocycles. The van der Waals surface area contributed by atoms with Crippen LogP contribution in [-0.2, 0) is 0 Å². The van der Waals surface area contributed by atoms with Crippen LogP contribution in [0.5, 0.6) is 11.5 Å². The fourth-order valence-corrected chi connectivity index (χ4v) is 6.18. The third kappa shape index (κ3) is 12.0. The minimum absolute atomic E-state index is 0.0975. The van der Waals surface area contributed by atoms with Gasteiger partial charge in [-0.15, -0.1) is 20.5 Å². The normalized spacial score (nSPS) is 10.7. The molecule has 0 unspecified atom stereocenters. The SMILES string of the molecule is COc1cc(/N=N/c2ccccn2)ccc1NC(=O)c1ccc(C(=O)c2ccccc2)cc1.COc1cc(/N=N\c2ccccn2)ccc1NC(=O)c1ccc(C(=O)c2ccccc2)cc1. The lowest BCUT2D eigenvalue weighted by Gasteiger charge is -2.11. The van der Waals surface area contributed by atoms with E-state index in [9.17, 15) is 19.2 Å². The summed E-state index contributed by atoms with van der Waals surface area (Å²) in [4.78, 5) is 58.7. The molecule has 8 aromatic rings. The Hall–Kier alpha value is -9.30. The molecule has 0 radical (unpaired) electrons. The van der Waals surface area contributed by atoms with Crippen LogP contribution in [0.15, 0.2) is 215 Å². The molecule has 66 heavy (non-hydrogen) atoms. The molecule has 0 fully saturated rings. The minimum Gasteiger partial charge on any atom is -0.494 e. The van der Waals surface area contributed by atoms with E-state index in [1.165, 1.54) is 14.2 Å². The second-order valence-corrected chi connectivity index (χ2v) is 14.0. The maximum atomic E-state index is 12.7. The molecule has 8 rings (SSSR count). The van der Waals surface area contributed by atoms with E-state index in [0.29, 0.717) is 79.3 Å². The number of ketones is 2. The Kier molecular flexibility index (Phi) is 15.0. The van der Waals surface area contributed by atoms with E-state index in [-0.39, 0.29) is 23.4 Å². The number of hydrogen-bond acceptors (Lipinski definition) is 12. The molecular formula is C52H40N8O6. The lowest BCUT2D eigenvalue weighted by Crippen LogP contribution is -2.13. The van der Waals surface area contributed by atoms with Gasteiger partial charge in [-0.25, -0.2) is 9.97 Å². The first-order valence-electron chi connectivity index (χ1n) is 20.3. The first kappa shape index (κ1) is 44.7. The average Bonchev–Trinajstić information content (AvgIpc) is 3.39. The van der Waals surface area contributed by atoms with E-state index in [2.05, 4.69) is 41.1 Å². The molecule has 0 aliphatic rings. The van der Waals surface area contributed by atoms with Crippen LogP contribution in [0.25, 0.3) is 0 Å². The van der Waals surface area contributed by atoms with E-state index < -0.39 is 0 Å². The molecule has 0 aliphatic carbocycles. The number of nitrogens with one attached hydrogen (secondary N) is 2. The summed E-state index contributed by atoms with van der Waals surface area (Å²) in [5.74, 6) is 1.02. The Labute approximate surface area is 379 Å². The number of benzene rings is 6. The van der Waals surface area contributed by atoms with E-state index in [4.69, 9.17) is 9.47 Å². The maximum absolute atomic E-state index is 12.7. The second kappa shape index (κ2) is 22.2. The van der Waals surface area contributed by atoms with Gasteiger partial charge in [0.2, 0.25) is 0 Å². The number of aromatic nitrogens is 2. The average molecular weight is 873 g/mol. The lowest BCUT2D eigenvalue weighted by molar-refractivity contribution is 0.101. The Morgan fingerprint density at radius 2 is 0.742 bits per heavy atom. The van der Waals surface area contributed by atoms with E-state index in [1.54, 1.807) is 146 Å². The van der Waals surface area contributed by atoms with Crippen LogP contribution in [0.3, 0.4) is 0 Å². The van der Waals surface area contributed by atoms with Gasteiger partial charge in [0.05, 0.1) is 37.0 Å². The number of rotatable bonds is 14. The van der Waals surface area contributed by atoms with Crippen molar-refractivity contribution in [2.24, 2.45) is 20.5 Å². The highest BCUT2D eigenvalue weighted by Gasteiger charge is 2.15. The molecule has 2 aromatic heterocycles. The van der Waals surface area contributed by atoms with E-state index >= 15 is 0 Å². The van der Waals surface area contributed by atoms with Gasteiger partial charge in [0.15, 0.2) is 23.2 Å². The highest BCUT2D eigenvalue weighted by molar-refractivity contribution is 6.11. The highest BCUT2D eigenvalue weighted by Crippen LogP contribution is 2.32. The number of hydrogen-bond donors (Lipinski definition) is 2. The van der Waals surface area contributed by atoms with Crippen LogP contribution < -0.4 is 20.1 Å². The highest BCUT2D eigenvalue weighted by atomic mass is 16.5. The van der Waals surface area contributed by atoms with E-state index in [0.717, 1.165) is 0 Å². The van der Waals surface area contributed by atoms with Crippen LogP contribution in [0.1, 0.15) is 52.6 Å². The number of ether oxygens (including phenoxy) is 2. The Balaban J connectivity index is 0.000000196. The number of carbonyl (C=O) groups is 4. The fourth-order valence-electron chi connectivity index (χ4n) is 6.18. The standard InChI is InChI=1S/2C26H20N4O3/c2*1-33-23-17-21(29-30-24-9-5-6-16-27-24)14-15-22(23)28-26(32)20-12-10-19(11-13-20)25(31)18-7-3-2-4-8-18/h2*2-17H,1H3,(H,28,32)/b30-29+;30-29-. The van der Waals surface area contributed by atoms with Gasteiger partial charge in [0.1, 0.15) is 11.5 Å². The predicted octanol–water partition coefficient (Wildman–Crippen LogP) is 12.0. The quantitative estimate of drug-likeness (QED) is 0.0798. The molecule has 6 aromatic carbocycles. The first-order chi connectivity index (χ1) is 32.3. The van der Waals surface area contributed by atoms with Gasteiger partial charge in [-0.2, -0.15) is 0 Å². The fraction of sp³-hybridized carbons (Fsp3) is 0.0385. The Morgan fingerprint density at radius 3 is 1.09 bits per heavy atom. The minimum atomic E-state index is -0.324. The smallest absolute Gasteiger partial charge is 0.255 e. The number of nitrogens with zero attached hydrogens (tertiary/aromatic N) is 6. The summed E-state index contributed by atoms with van der Waals surface area (Å²) in [6, 6.07) is 51.9. The number of azo groups is 2. The zero-order valence-corrected chi connectivity index (χ0v) is 35.6. The number of pyridine rings is 2. The van der Waals surface area contributed by atoms with Gasteiger partial charge in [-0.05, 0) is 72.8 Å². The number of amides is 2. The largest absolute Gasteiger partial charge is 0.494 e. The molecule has 2 heterocycles. The van der Waals surface area contributed by atoms with Gasteiger partial charge >= 0.3 is 0 Å². The van der Waals surface area contributed by atoms with Crippen molar-refractivity contribution in [3.05, 3.63) is 228 Å².